The highest BCUT2D eigenvalue weighted by atomic mass is 19.4. The van der Waals surface area contributed by atoms with E-state index in [1.807, 2.05) is 4.90 Å². The lowest BCUT2D eigenvalue weighted by Crippen LogP contribution is -2.50. The van der Waals surface area contributed by atoms with Crippen molar-refractivity contribution in [3.63, 3.8) is 0 Å². The minimum absolute atomic E-state index is 0.108. The van der Waals surface area contributed by atoms with Crippen LogP contribution in [0.2, 0.25) is 0 Å². The van der Waals surface area contributed by atoms with Crippen LogP contribution in [0.15, 0.2) is 48.5 Å². The Hall–Kier alpha value is -2.77. The number of rotatable bonds is 4. The van der Waals surface area contributed by atoms with Crippen LogP contribution in [0.4, 0.5) is 28.9 Å². The minimum atomic E-state index is -4.48. The maximum absolute atomic E-state index is 13.0. The molecule has 4 nitrogen and oxygen atoms in total. The maximum atomic E-state index is 13.0. The number of amides is 1. The molecule has 0 radical (unpaired) electrons. The zero-order valence-corrected chi connectivity index (χ0v) is 14.5. The summed E-state index contributed by atoms with van der Waals surface area (Å²) in [4.78, 5) is 16.0. The highest BCUT2D eigenvalue weighted by Crippen LogP contribution is 2.34. The fraction of sp³-hybridized carbons (Fsp3) is 0.316. The number of halogens is 4. The van der Waals surface area contributed by atoms with Gasteiger partial charge in [0.1, 0.15) is 5.82 Å². The third-order valence-corrected chi connectivity index (χ3v) is 4.49. The summed E-state index contributed by atoms with van der Waals surface area (Å²) in [6, 6.07) is 11.2. The molecular formula is C19H19F4N3O. The summed E-state index contributed by atoms with van der Waals surface area (Å²) in [5, 5.41) is 2.60. The second kappa shape index (κ2) is 7.85. The van der Waals surface area contributed by atoms with E-state index in [0.29, 0.717) is 26.2 Å². The number of alkyl halides is 3. The van der Waals surface area contributed by atoms with Crippen molar-refractivity contribution in [3.05, 3.63) is 59.9 Å². The molecule has 0 spiro atoms. The van der Waals surface area contributed by atoms with Crippen molar-refractivity contribution < 1.29 is 22.4 Å². The molecule has 1 aliphatic rings. The van der Waals surface area contributed by atoms with Crippen molar-refractivity contribution in [2.45, 2.75) is 6.18 Å². The van der Waals surface area contributed by atoms with Crippen molar-refractivity contribution >= 4 is 17.3 Å². The van der Waals surface area contributed by atoms with Gasteiger partial charge < -0.3 is 15.1 Å². The molecule has 27 heavy (non-hydrogen) atoms. The monoisotopic (exact) mass is 381 g/mol. The van der Waals surface area contributed by atoms with E-state index in [1.165, 1.54) is 30.3 Å². The average Bonchev–Trinajstić information content (AvgIpc) is 2.66. The molecule has 1 N–H and O–H groups in total. The van der Waals surface area contributed by atoms with Crippen LogP contribution in [-0.4, -0.2) is 43.5 Å². The van der Waals surface area contributed by atoms with Gasteiger partial charge in [-0.15, -0.1) is 0 Å². The smallest absolute Gasteiger partial charge is 0.376 e. The minimum Gasteiger partial charge on any atom is -0.376 e. The molecule has 3 rings (SSSR count). The van der Waals surface area contributed by atoms with E-state index < -0.39 is 11.7 Å². The first-order valence-corrected chi connectivity index (χ1v) is 8.53. The van der Waals surface area contributed by atoms with E-state index in [2.05, 4.69) is 5.32 Å². The summed E-state index contributed by atoms with van der Waals surface area (Å²) in [5.74, 6) is -0.566. The Morgan fingerprint density at radius 1 is 0.963 bits per heavy atom. The second-order valence-corrected chi connectivity index (χ2v) is 6.24. The quantitative estimate of drug-likeness (QED) is 0.822. The zero-order valence-electron chi connectivity index (χ0n) is 14.5. The van der Waals surface area contributed by atoms with Crippen LogP contribution >= 0.6 is 0 Å². The molecule has 0 bridgehead atoms. The van der Waals surface area contributed by atoms with Crippen molar-refractivity contribution in [2.75, 3.05) is 42.9 Å². The van der Waals surface area contributed by atoms with Crippen molar-refractivity contribution in [1.82, 2.24) is 4.90 Å². The highest BCUT2D eigenvalue weighted by Gasteiger charge is 2.33. The van der Waals surface area contributed by atoms with Crippen LogP contribution in [0.3, 0.4) is 0 Å². The van der Waals surface area contributed by atoms with E-state index in [1.54, 1.807) is 17.0 Å². The molecule has 0 atom stereocenters. The summed E-state index contributed by atoms with van der Waals surface area (Å²) < 4.78 is 52.0. The van der Waals surface area contributed by atoms with Crippen LogP contribution in [-0.2, 0) is 11.0 Å². The number of nitrogens with zero attached hydrogens (tertiary/aromatic N) is 2. The Balaban J connectivity index is 1.54. The van der Waals surface area contributed by atoms with Crippen molar-refractivity contribution in [3.8, 4) is 0 Å². The Morgan fingerprint density at radius 3 is 2.22 bits per heavy atom. The maximum Gasteiger partial charge on any atom is 0.418 e. The molecule has 1 fully saturated rings. The molecule has 1 heterocycles. The predicted molar refractivity (Wildman–Crippen MR) is 95.1 cm³/mol. The first-order chi connectivity index (χ1) is 12.8. The van der Waals surface area contributed by atoms with Gasteiger partial charge in [-0.3, -0.25) is 4.79 Å². The van der Waals surface area contributed by atoms with E-state index in [4.69, 9.17) is 0 Å². The van der Waals surface area contributed by atoms with Gasteiger partial charge in [0, 0.05) is 37.6 Å². The molecule has 1 aliphatic heterocycles. The molecule has 2 aromatic carbocycles. The number of nitrogens with one attached hydrogen (secondary N) is 1. The lowest BCUT2D eigenvalue weighted by atomic mass is 10.1. The molecule has 144 valence electrons. The largest absolute Gasteiger partial charge is 0.418 e. The number of hydrogen-bond acceptors (Lipinski definition) is 3. The summed E-state index contributed by atoms with van der Waals surface area (Å²) in [7, 11) is 0. The van der Waals surface area contributed by atoms with Crippen molar-refractivity contribution in [2.24, 2.45) is 0 Å². The van der Waals surface area contributed by atoms with Gasteiger partial charge >= 0.3 is 6.18 Å². The first kappa shape index (κ1) is 19.0. The average molecular weight is 381 g/mol. The summed E-state index contributed by atoms with van der Waals surface area (Å²) in [5.41, 5.74) is -0.0250. The Labute approximate surface area is 154 Å². The van der Waals surface area contributed by atoms with Crippen LogP contribution in [0, 0.1) is 5.82 Å². The van der Waals surface area contributed by atoms with E-state index in [-0.39, 0.29) is 24.0 Å². The number of benzene rings is 2. The van der Waals surface area contributed by atoms with Gasteiger partial charge in [-0.2, -0.15) is 13.2 Å². The van der Waals surface area contributed by atoms with Crippen LogP contribution in [0.25, 0.3) is 0 Å². The number of anilines is 2. The normalized spacial score (nSPS) is 15.0. The number of carbonyl (C=O) groups is 1. The second-order valence-electron chi connectivity index (χ2n) is 6.24. The lowest BCUT2D eigenvalue weighted by molar-refractivity contribution is -0.137. The van der Waals surface area contributed by atoms with Gasteiger partial charge in [-0.25, -0.2) is 4.39 Å². The molecule has 0 saturated carbocycles. The molecule has 0 unspecified atom stereocenters. The molecular weight excluding hydrogens is 362 g/mol. The van der Waals surface area contributed by atoms with Crippen LogP contribution < -0.4 is 10.2 Å². The number of carbonyl (C=O) groups excluding carboxylic acids is 1. The van der Waals surface area contributed by atoms with E-state index in [0.717, 1.165) is 11.8 Å². The third kappa shape index (κ3) is 4.69. The lowest BCUT2D eigenvalue weighted by Gasteiger charge is -2.36. The number of piperazine rings is 1. The topological polar surface area (TPSA) is 35.6 Å². The summed E-state index contributed by atoms with van der Waals surface area (Å²) in [6.07, 6.45) is -4.48. The predicted octanol–water partition coefficient (Wildman–Crippen LogP) is 3.61. The Morgan fingerprint density at radius 2 is 1.59 bits per heavy atom. The fourth-order valence-corrected chi connectivity index (χ4v) is 3.03. The molecule has 1 amide bonds. The Bertz CT molecular complexity index is 784. The summed E-state index contributed by atoms with van der Waals surface area (Å²) in [6.45, 7) is 1.87. The van der Waals surface area contributed by atoms with Gasteiger partial charge in [0.25, 0.3) is 0 Å². The fourth-order valence-electron chi connectivity index (χ4n) is 3.03. The molecule has 1 saturated heterocycles. The molecule has 0 aliphatic carbocycles. The van der Waals surface area contributed by atoms with Crippen LogP contribution in [0.1, 0.15) is 5.56 Å². The molecule has 8 heteroatoms. The van der Waals surface area contributed by atoms with Gasteiger partial charge in [0.2, 0.25) is 5.91 Å². The van der Waals surface area contributed by atoms with E-state index >= 15 is 0 Å². The Kier molecular flexibility index (Phi) is 5.53. The number of para-hydroxylation sites is 1. The van der Waals surface area contributed by atoms with Crippen molar-refractivity contribution in [1.29, 1.82) is 0 Å². The van der Waals surface area contributed by atoms with Gasteiger partial charge in [-0.1, -0.05) is 12.1 Å². The highest BCUT2D eigenvalue weighted by molar-refractivity contribution is 5.81. The van der Waals surface area contributed by atoms with E-state index in [9.17, 15) is 22.4 Å². The van der Waals surface area contributed by atoms with Gasteiger partial charge in [0.05, 0.1) is 12.1 Å². The molecule has 0 aromatic heterocycles. The summed E-state index contributed by atoms with van der Waals surface area (Å²) >= 11 is 0. The van der Waals surface area contributed by atoms with Crippen LogP contribution in [0.5, 0.6) is 0 Å². The first-order valence-electron chi connectivity index (χ1n) is 8.53. The standard InChI is InChI=1S/C19H19F4N3O/c20-14-5-7-15(8-6-14)25-9-11-26(12-10-25)18(27)13-24-17-4-2-1-3-16(17)19(21,22)23/h1-8,24H,9-13H2. The number of hydrogen-bond donors (Lipinski definition) is 1. The zero-order chi connectivity index (χ0) is 19.4. The van der Waals surface area contributed by atoms with Gasteiger partial charge in [-0.05, 0) is 36.4 Å². The third-order valence-electron chi connectivity index (χ3n) is 4.49. The molecule has 2 aromatic rings. The SMILES string of the molecule is O=C(CNc1ccccc1C(F)(F)F)N1CCN(c2ccc(F)cc2)CC1. The van der Waals surface area contributed by atoms with Gasteiger partial charge in [0.15, 0.2) is 0 Å².